The van der Waals surface area contributed by atoms with E-state index in [4.69, 9.17) is 10.5 Å². The van der Waals surface area contributed by atoms with Gasteiger partial charge in [-0.15, -0.1) is 0 Å². The lowest BCUT2D eigenvalue weighted by Gasteiger charge is -2.17. The van der Waals surface area contributed by atoms with Gasteiger partial charge in [0.2, 0.25) is 0 Å². The van der Waals surface area contributed by atoms with Gasteiger partial charge >= 0.3 is 0 Å². The molecule has 19 heavy (non-hydrogen) atoms. The Bertz CT molecular complexity index is 632. The van der Waals surface area contributed by atoms with Crippen LogP contribution < -0.4 is 5.73 Å². The van der Waals surface area contributed by atoms with Crippen LogP contribution >= 0.6 is 22.6 Å². The Morgan fingerprint density at radius 1 is 1.37 bits per heavy atom. The summed E-state index contributed by atoms with van der Waals surface area (Å²) in [6.45, 7) is 1.72. The van der Waals surface area contributed by atoms with Crippen LogP contribution in [0.3, 0.4) is 0 Å². The first-order valence-corrected chi connectivity index (χ1v) is 6.86. The molecule has 0 amide bonds. The second-order valence-electron chi connectivity index (χ2n) is 4.55. The number of aliphatic hydroxyl groups is 2. The first-order valence-electron chi connectivity index (χ1n) is 5.79. The molecular weight excluding hydrogens is 363 g/mol. The molecule has 1 aliphatic heterocycles. The predicted octanol–water partition coefficient (Wildman–Crippen LogP) is 0.257. The smallest absolute Gasteiger partial charge is 0.164 e. The van der Waals surface area contributed by atoms with Crippen molar-refractivity contribution in [3.05, 3.63) is 16.1 Å². The molecule has 1 saturated heterocycles. The van der Waals surface area contributed by atoms with Crippen LogP contribution in [-0.4, -0.2) is 43.1 Å². The number of nitrogens with two attached hydrogens (primary N) is 1. The third kappa shape index (κ3) is 1.90. The lowest BCUT2D eigenvalue weighted by molar-refractivity contribution is -0.0297. The Balaban J connectivity index is 2.14. The molecule has 4 atom stereocenters. The number of hydrogen-bond donors (Lipinski definition) is 3. The van der Waals surface area contributed by atoms with Gasteiger partial charge in [0.15, 0.2) is 6.23 Å². The fraction of sp³-hybridized carbons (Fsp3) is 0.455. The summed E-state index contributed by atoms with van der Waals surface area (Å²) in [6.07, 6.45) is 0.122. The number of aromatic nitrogens is 3. The standard InChI is InChI=1S/C11H13IN4O3/c1-4-7(17)8(18)11(19-4)16-2-5(12)6-9(13)14-3-15-10(6)16/h2-4,7-8,11,17-18H,1H3,(H2,13,14,15)/t4?,7-,8-,11?/m1/s1. The van der Waals surface area contributed by atoms with Crippen LogP contribution in [0.4, 0.5) is 5.82 Å². The predicted molar refractivity (Wildman–Crippen MR) is 76.3 cm³/mol. The van der Waals surface area contributed by atoms with Crippen molar-refractivity contribution in [2.24, 2.45) is 0 Å². The average Bonchev–Trinajstić information content (AvgIpc) is 2.83. The molecule has 0 bridgehead atoms. The van der Waals surface area contributed by atoms with Crippen LogP contribution in [-0.2, 0) is 4.74 Å². The fourth-order valence-electron chi connectivity index (χ4n) is 2.31. The van der Waals surface area contributed by atoms with Crippen LogP contribution in [0.2, 0.25) is 0 Å². The molecule has 2 aromatic rings. The van der Waals surface area contributed by atoms with Gasteiger partial charge in [0.05, 0.1) is 11.5 Å². The monoisotopic (exact) mass is 376 g/mol. The molecule has 1 fully saturated rings. The largest absolute Gasteiger partial charge is 0.388 e. The Morgan fingerprint density at radius 2 is 2.11 bits per heavy atom. The van der Waals surface area contributed by atoms with E-state index in [9.17, 15) is 10.2 Å². The van der Waals surface area contributed by atoms with Gasteiger partial charge in [-0.05, 0) is 29.5 Å². The van der Waals surface area contributed by atoms with Gasteiger partial charge in [-0.25, -0.2) is 9.97 Å². The molecule has 102 valence electrons. The van der Waals surface area contributed by atoms with Crippen molar-refractivity contribution in [3.8, 4) is 0 Å². The number of ether oxygens (including phenoxy) is 1. The zero-order valence-electron chi connectivity index (χ0n) is 10.1. The highest BCUT2D eigenvalue weighted by atomic mass is 127. The first-order chi connectivity index (χ1) is 9.00. The van der Waals surface area contributed by atoms with E-state index < -0.39 is 24.5 Å². The van der Waals surface area contributed by atoms with E-state index in [2.05, 4.69) is 32.6 Å². The molecule has 3 heterocycles. The van der Waals surface area contributed by atoms with Gasteiger partial charge < -0.3 is 25.3 Å². The maximum atomic E-state index is 10.0. The highest BCUT2D eigenvalue weighted by Crippen LogP contribution is 2.34. The van der Waals surface area contributed by atoms with Crippen molar-refractivity contribution in [2.75, 3.05) is 5.73 Å². The highest BCUT2D eigenvalue weighted by molar-refractivity contribution is 14.1. The molecule has 0 saturated carbocycles. The average molecular weight is 376 g/mol. The van der Waals surface area contributed by atoms with Crippen LogP contribution in [0.25, 0.3) is 11.0 Å². The minimum absolute atomic E-state index is 0.384. The minimum atomic E-state index is -1.00. The Morgan fingerprint density at radius 3 is 2.74 bits per heavy atom. The second kappa shape index (κ2) is 4.54. The van der Waals surface area contributed by atoms with Gasteiger partial charge in [0, 0.05) is 9.77 Å². The van der Waals surface area contributed by atoms with E-state index in [1.807, 2.05) is 0 Å². The molecule has 1 aliphatic rings. The lowest BCUT2D eigenvalue weighted by Crippen LogP contribution is -2.30. The number of halogens is 1. The van der Waals surface area contributed by atoms with Gasteiger partial charge in [0.1, 0.15) is 30.0 Å². The molecule has 3 rings (SSSR count). The van der Waals surface area contributed by atoms with Crippen LogP contribution in [0.1, 0.15) is 13.2 Å². The molecule has 0 spiro atoms. The maximum absolute atomic E-state index is 10.0. The van der Waals surface area contributed by atoms with Crippen molar-refractivity contribution in [2.45, 2.75) is 31.5 Å². The Hall–Kier alpha value is -0.970. The van der Waals surface area contributed by atoms with E-state index in [0.29, 0.717) is 11.5 Å². The van der Waals surface area contributed by atoms with Crippen molar-refractivity contribution in [1.82, 2.24) is 14.5 Å². The van der Waals surface area contributed by atoms with E-state index in [0.717, 1.165) is 8.96 Å². The molecule has 7 nitrogen and oxygen atoms in total. The van der Waals surface area contributed by atoms with Gasteiger partial charge in [-0.3, -0.25) is 0 Å². The highest BCUT2D eigenvalue weighted by Gasteiger charge is 2.42. The summed E-state index contributed by atoms with van der Waals surface area (Å²) in [6, 6.07) is 0. The zero-order chi connectivity index (χ0) is 13.7. The van der Waals surface area contributed by atoms with Crippen molar-refractivity contribution >= 4 is 39.4 Å². The molecule has 0 aromatic carbocycles. The van der Waals surface area contributed by atoms with Crippen LogP contribution in [0.5, 0.6) is 0 Å². The molecule has 2 unspecified atom stereocenters. The van der Waals surface area contributed by atoms with E-state index in [1.165, 1.54) is 6.33 Å². The fourth-order valence-corrected chi connectivity index (χ4v) is 3.13. The maximum Gasteiger partial charge on any atom is 0.164 e. The third-order valence-corrected chi connectivity index (χ3v) is 4.16. The summed E-state index contributed by atoms with van der Waals surface area (Å²) in [7, 11) is 0. The van der Waals surface area contributed by atoms with E-state index in [1.54, 1.807) is 17.7 Å². The second-order valence-corrected chi connectivity index (χ2v) is 5.72. The summed E-state index contributed by atoms with van der Waals surface area (Å²) in [5.74, 6) is 0.384. The minimum Gasteiger partial charge on any atom is -0.388 e. The number of hydrogen-bond acceptors (Lipinski definition) is 6. The number of fused-ring (bicyclic) bond motifs is 1. The summed E-state index contributed by atoms with van der Waals surface area (Å²) >= 11 is 2.13. The molecule has 4 N–H and O–H groups in total. The molecule has 0 aliphatic carbocycles. The van der Waals surface area contributed by atoms with Gasteiger partial charge in [-0.1, -0.05) is 0 Å². The topological polar surface area (TPSA) is 106 Å². The Kier molecular flexibility index (Phi) is 3.12. The van der Waals surface area contributed by atoms with Gasteiger partial charge in [-0.2, -0.15) is 0 Å². The number of aliphatic hydroxyl groups excluding tert-OH is 2. The summed E-state index contributed by atoms with van der Waals surface area (Å²) in [5.41, 5.74) is 6.42. The summed E-state index contributed by atoms with van der Waals surface area (Å²) < 4.78 is 8.15. The van der Waals surface area contributed by atoms with Crippen molar-refractivity contribution < 1.29 is 14.9 Å². The molecular formula is C11H13IN4O3. The van der Waals surface area contributed by atoms with E-state index in [-0.39, 0.29) is 0 Å². The summed E-state index contributed by atoms with van der Waals surface area (Å²) in [4.78, 5) is 8.14. The van der Waals surface area contributed by atoms with Crippen LogP contribution in [0.15, 0.2) is 12.5 Å². The number of nitrogen functional groups attached to an aromatic ring is 1. The zero-order valence-corrected chi connectivity index (χ0v) is 12.2. The molecule has 2 aromatic heterocycles. The molecule has 0 radical (unpaired) electrons. The van der Waals surface area contributed by atoms with Gasteiger partial charge in [0.25, 0.3) is 0 Å². The normalized spacial score (nSPS) is 31.2. The Labute approximate surface area is 122 Å². The first kappa shape index (κ1) is 13.0. The van der Waals surface area contributed by atoms with Crippen molar-refractivity contribution in [3.63, 3.8) is 0 Å². The lowest BCUT2D eigenvalue weighted by atomic mass is 10.1. The van der Waals surface area contributed by atoms with Crippen molar-refractivity contribution in [1.29, 1.82) is 0 Å². The van der Waals surface area contributed by atoms with Crippen LogP contribution in [0, 0.1) is 3.57 Å². The number of anilines is 1. The SMILES string of the molecule is CC1OC(n2cc(I)c3c(N)ncnc32)[C@H](O)[C@@H]1O. The molecule has 8 heteroatoms. The van der Waals surface area contributed by atoms with E-state index >= 15 is 0 Å². The quantitative estimate of drug-likeness (QED) is 0.617. The summed E-state index contributed by atoms with van der Waals surface area (Å²) in [5, 5.41) is 20.6. The number of rotatable bonds is 1. The third-order valence-electron chi connectivity index (χ3n) is 3.34. The number of nitrogens with zero attached hydrogens (tertiary/aromatic N) is 3.